The molecule has 0 saturated heterocycles. The molecule has 2 N–H and O–H groups in total. The molecule has 0 atom stereocenters. The molecule has 152 valence electrons. The quantitative estimate of drug-likeness (QED) is 0.358. The van der Waals surface area contributed by atoms with Crippen LogP contribution in [0.4, 0.5) is 0 Å². The van der Waals surface area contributed by atoms with Crippen molar-refractivity contribution in [2.75, 3.05) is 13.2 Å². The highest BCUT2D eigenvalue weighted by Crippen LogP contribution is 2.17. The first kappa shape index (κ1) is 23.2. The van der Waals surface area contributed by atoms with E-state index in [1.54, 1.807) is 0 Å². The summed E-state index contributed by atoms with van der Waals surface area (Å²) in [5.74, 6) is -0.411. The molecule has 2 amide bonds. The largest absolute Gasteiger partial charge is 0.370 e. The number of carbonyl (C=O) groups is 2. The van der Waals surface area contributed by atoms with Crippen molar-refractivity contribution >= 4 is 11.8 Å². The SMILES string of the molecule is CCCCCCCCc1ccccc1C(=O)N(CCCCC(N)=O)OCC. The van der Waals surface area contributed by atoms with Gasteiger partial charge in [-0.3, -0.25) is 14.4 Å². The highest BCUT2D eigenvalue weighted by molar-refractivity contribution is 5.95. The average molecular weight is 377 g/mol. The monoisotopic (exact) mass is 376 g/mol. The molecule has 1 aromatic rings. The van der Waals surface area contributed by atoms with Crippen LogP contribution in [-0.4, -0.2) is 30.0 Å². The van der Waals surface area contributed by atoms with Crippen molar-refractivity contribution in [1.29, 1.82) is 0 Å². The summed E-state index contributed by atoms with van der Waals surface area (Å²) in [4.78, 5) is 29.4. The molecule has 0 bridgehead atoms. The number of nitrogens with two attached hydrogens (primary N) is 1. The van der Waals surface area contributed by atoms with Gasteiger partial charge in [-0.25, -0.2) is 5.06 Å². The normalized spacial score (nSPS) is 10.7. The van der Waals surface area contributed by atoms with Crippen LogP contribution in [0.15, 0.2) is 24.3 Å². The van der Waals surface area contributed by atoms with Gasteiger partial charge in [0.05, 0.1) is 6.61 Å². The van der Waals surface area contributed by atoms with E-state index in [1.807, 2.05) is 31.2 Å². The van der Waals surface area contributed by atoms with E-state index in [9.17, 15) is 9.59 Å². The van der Waals surface area contributed by atoms with Crippen LogP contribution in [-0.2, 0) is 16.1 Å². The summed E-state index contributed by atoms with van der Waals surface area (Å²) in [6.45, 7) is 4.98. The number of hydroxylamine groups is 2. The van der Waals surface area contributed by atoms with Crippen molar-refractivity contribution in [3.63, 3.8) is 0 Å². The van der Waals surface area contributed by atoms with Crippen molar-refractivity contribution in [3.05, 3.63) is 35.4 Å². The number of nitrogens with zero attached hydrogens (tertiary/aromatic N) is 1. The molecule has 0 spiro atoms. The third-order valence-corrected chi connectivity index (χ3v) is 4.59. The standard InChI is InChI=1S/C22H36N2O3/c1-3-5-6-7-8-9-14-19-15-10-11-16-20(19)22(26)24(27-4-2)18-13-12-17-21(23)25/h10-11,15-16H,3-9,12-14,17-18H2,1-2H3,(H2,23,25). The van der Waals surface area contributed by atoms with E-state index < -0.39 is 0 Å². The molecule has 0 radical (unpaired) electrons. The Hall–Kier alpha value is -1.88. The minimum Gasteiger partial charge on any atom is -0.370 e. The van der Waals surface area contributed by atoms with Gasteiger partial charge in [-0.1, -0.05) is 57.2 Å². The first-order chi connectivity index (χ1) is 13.1. The lowest BCUT2D eigenvalue weighted by molar-refractivity contribution is -0.121. The van der Waals surface area contributed by atoms with Crippen molar-refractivity contribution in [3.8, 4) is 0 Å². The summed E-state index contributed by atoms with van der Waals surface area (Å²) in [7, 11) is 0. The summed E-state index contributed by atoms with van der Waals surface area (Å²) >= 11 is 0. The number of unbranched alkanes of at least 4 members (excludes halogenated alkanes) is 6. The number of hydrogen-bond acceptors (Lipinski definition) is 3. The predicted octanol–water partition coefficient (Wildman–Crippen LogP) is 4.64. The molecule has 27 heavy (non-hydrogen) atoms. The van der Waals surface area contributed by atoms with Gasteiger partial charge in [0.1, 0.15) is 0 Å². The van der Waals surface area contributed by atoms with Crippen LogP contribution in [0.25, 0.3) is 0 Å². The molecular weight excluding hydrogens is 340 g/mol. The second-order valence-corrected chi connectivity index (χ2v) is 6.92. The Balaban J connectivity index is 2.62. The lowest BCUT2D eigenvalue weighted by Crippen LogP contribution is -2.33. The van der Waals surface area contributed by atoms with E-state index in [0.717, 1.165) is 24.0 Å². The van der Waals surface area contributed by atoms with Crippen molar-refractivity contribution in [1.82, 2.24) is 5.06 Å². The van der Waals surface area contributed by atoms with Gasteiger partial charge >= 0.3 is 0 Å². The Kier molecular flexibility index (Phi) is 12.2. The summed E-state index contributed by atoms with van der Waals surface area (Å²) in [6.07, 6.45) is 10.00. The fourth-order valence-corrected chi connectivity index (χ4v) is 3.11. The molecule has 5 nitrogen and oxygen atoms in total. The van der Waals surface area contributed by atoms with E-state index >= 15 is 0 Å². The lowest BCUT2D eigenvalue weighted by atomic mass is 10.00. The summed E-state index contributed by atoms with van der Waals surface area (Å²) in [6, 6.07) is 7.80. The Labute approximate surface area is 164 Å². The molecule has 1 aromatic carbocycles. The third-order valence-electron chi connectivity index (χ3n) is 4.59. The molecule has 0 aliphatic heterocycles. The van der Waals surface area contributed by atoms with E-state index in [4.69, 9.17) is 10.6 Å². The zero-order valence-electron chi connectivity index (χ0n) is 17.0. The summed E-state index contributed by atoms with van der Waals surface area (Å²) in [5, 5.41) is 1.43. The van der Waals surface area contributed by atoms with Crippen molar-refractivity contribution in [2.45, 2.75) is 78.1 Å². The number of primary amides is 1. The van der Waals surface area contributed by atoms with E-state index in [2.05, 4.69) is 6.92 Å². The van der Waals surface area contributed by atoms with E-state index in [-0.39, 0.29) is 11.8 Å². The minimum absolute atomic E-state index is 0.0995. The fourth-order valence-electron chi connectivity index (χ4n) is 3.11. The topological polar surface area (TPSA) is 72.6 Å². The maximum absolute atomic E-state index is 13.0. The molecule has 0 aromatic heterocycles. The second kappa shape index (κ2) is 14.2. The van der Waals surface area contributed by atoms with Crippen LogP contribution < -0.4 is 5.73 Å². The van der Waals surface area contributed by atoms with Gasteiger partial charge in [-0.2, -0.15) is 0 Å². The number of aryl methyl sites for hydroxylation is 1. The molecular formula is C22H36N2O3. The molecule has 0 aliphatic rings. The van der Waals surface area contributed by atoms with E-state index in [0.29, 0.717) is 32.4 Å². The highest BCUT2D eigenvalue weighted by atomic mass is 16.7. The van der Waals surface area contributed by atoms with Gasteiger partial charge in [0, 0.05) is 18.5 Å². The Morgan fingerprint density at radius 1 is 0.963 bits per heavy atom. The van der Waals surface area contributed by atoms with Crippen molar-refractivity contribution in [2.24, 2.45) is 5.73 Å². The van der Waals surface area contributed by atoms with Crippen LogP contribution in [0.1, 0.15) is 87.6 Å². The highest BCUT2D eigenvalue weighted by Gasteiger charge is 2.19. The minimum atomic E-state index is -0.312. The molecule has 0 aliphatic carbocycles. The van der Waals surface area contributed by atoms with Gasteiger partial charge in [0.2, 0.25) is 5.91 Å². The van der Waals surface area contributed by atoms with Crippen LogP contribution in [0.3, 0.4) is 0 Å². The molecule has 5 heteroatoms. The second-order valence-electron chi connectivity index (χ2n) is 6.92. The zero-order chi connectivity index (χ0) is 19.9. The molecule has 0 unspecified atom stereocenters. The maximum Gasteiger partial charge on any atom is 0.277 e. The van der Waals surface area contributed by atoms with Gasteiger partial charge < -0.3 is 5.73 Å². The Morgan fingerprint density at radius 2 is 1.67 bits per heavy atom. The molecule has 0 saturated carbocycles. The first-order valence-electron chi connectivity index (χ1n) is 10.4. The maximum atomic E-state index is 13.0. The number of rotatable bonds is 15. The van der Waals surface area contributed by atoms with Crippen LogP contribution >= 0.6 is 0 Å². The number of amides is 2. The van der Waals surface area contributed by atoms with Crippen LogP contribution in [0.5, 0.6) is 0 Å². The number of carbonyl (C=O) groups excluding carboxylic acids is 2. The zero-order valence-corrected chi connectivity index (χ0v) is 17.0. The fraction of sp³-hybridized carbons (Fsp3) is 0.636. The summed E-state index contributed by atoms with van der Waals surface area (Å²) in [5.41, 5.74) is 6.97. The molecule has 0 heterocycles. The lowest BCUT2D eigenvalue weighted by Gasteiger charge is -2.22. The molecule has 0 fully saturated rings. The Morgan fingerprint density at radius 3 is 2.37 bits per heavy atom. The summed E-state index contributed by atoms with van der Waals surface area (Å²) < 4.78 is 0. The number of benzene rings is 1. The van der Waals surface area contributed by atoms with E-state index in [1.165, 1.54) is 37.2 Å². The molecule has 1 rings (SSSR count). The van der Waals surface area contributed by atoms with Gasteiger partial charge in [-0.15, -0.1) is 0 Å². The average Bonchev–Trinajstić information content (AvgIpc) is 2.66. The smallest absolute Gasteiger partial charge is 0.277 e. The van der Waals surface area contributed by atoms with Crippen molar-refractivity contribution < 1.29 is 14.4 Å². The first-order valence-corrected chi connectivity index (χ1v) is 10.4. The number of hydrogen-bond donors (Lipinski definition) is 1. The van der Waals surface area contributed by atoms with Crippen LogP contribution in [0, 0.1) is 0 Å². The third kappa shape index (κ3) is 9.57. The van der Waals surface area contributed by atoms with Crippen LogP contribution in [0.2, 0.25) is 0 Å². The van der Waals surface area contributed by atoms with Gasteiger partial charge in [0.15, 0.2) is 0 Å². The van der Waals surface area contributed by atoms with Gasteiger partial charge in [0.25, 0.3) is 5.91 Å². The Bertz CT molecular complexity index is 560. The van der Waals surface area contributed by atoms with Gasteiger partial charge in [-0.05, 0) is 44.2 Å². The predicted molar refractivity (Wildman–Crippen MR) is 109 cm³/mol.